The van der Waals surface area contributed by atoms with Gasteiger partial charge in [-0.25, -0.2) is 0 Å². The Kier molecular flexibility index (Phi) is 4.84. The zero-order valence-electron chi connectivity index (χ0n) is 9.57. The molecule has 0 bridgehead atoms. The number of nitrogens with one attached hydrogen (secondary N) is 1. The Morgan fingerprint density at radius 1 is 1.08 bits per heavy atom. The summed E-state index contributed by atoms with van der Waals surface area (Å²) in [4.78, 5) is 0. The predicted molar refractivity (Wildman–Crippen MR) is 56.4 cm³/mol. The van der Waals surface area contributed by atoms with E-state index in [4.69, 9.17) is 0 Å². The smallest absolute Gasteiger partial charge is 0.00898 e. The summed E-state index contributed by atoms with van der Waals surface area (Å²) in [5.41, 5.74) is 0.378. The van der Waals surface area contributed by atoms with Crippen LogP contribution in [-0.4, -0.2) is 12.1 Å². The van der Waals surface area contributed by atoms with E-state index in [2.05, 4.69) is 46.9 Å². The van der Waals surface area contributed by atoms with Gasteiger partial charge in [0.05, 0.1) is 0 Å². The highest BCUT2D eigenvalue weighted by atomic mass is 15.0. The van der Waals surface area contributed by atoms with Gasteiger partial charge in [0.1, 0.15) is 0 Å². The molecule has 0 amide bonds. The topological polar surface area (TPSA) is 12.0 Å². The van der Waals surface area contributed by atoms with Crippen LogP contribution in [0, 0.1) is 5.41 Å². The molecule has 0 aromatic rings. The van der Waals surface area contributed by atoms with E-state index in [0.717, 1.165) is 0 Å². The van der Waals surface area contributed by atoms with Gasteiger partial charge in [0, 0.05) is 12.1 Å². The Labute approximate surface area is 77.9 Å². The second-order valence-electron chi connectivity index (χ2n) is 4.77. The first-order valence-electron chi connectivity index (χ1n) is 5.17. The molecule has 1 atom stereocenters. The third-order valence-electron chi connectivity index (χ3n) is 2.77. The van der Waals surface area contributed by atoms with E-state index in [0.29, 0.717) is 17.5 Å². The molecule has 0 aliphatic carbocycles. The first-order chi connectivity index (χ1) is 5.41. The monoisotopic (exact) mass is 171 g/mol. The van der Waals surface area contributed by atoms with E-state index < -0.39 is 0 Å². The van der Waals surface area contributed by atoms with Gasteiger partial charge in [-0.2, -0.15) is 0 Å². The van der Waals surface area contributed by atoms with Crippen molar-refractivity contribution >= 4 is 0 Å². The van der Waals surface area contributed by atoms with Gasteiger partial charge in [-0.1, -0.05) is 34.6 Å². The van der Waals surface area contributed by atoms with Gasteiger partial charge in [0.15, 0.2) is 0 Å². The summed E-state index contributed by atoms with van der Waals surface area (Å²) in [7, 11) is 0. The van der Waals surface area contributed by atoms with Crippen LogP contribution in [0.3, 0.4) is 0 Å². The molecule has 12 heavy (non-hydrogen) atoms. The first-order valence-corrected chi connectivity index (χ1v) is 5.17. The lowest BCUT2D eigenvalue weighted by molar-refractivity contribution is 0.257. The fourth-order valence-corrected chi connectivity index (χ4v) is 1.13. The number of hydrogen-bond donors (Lipinski definition) is 1. The molecule has 0 saturated heterocycles. The molecule has 0 rings (SSSR count). The van der Waals surface area contributed by atoms with Crippen molar-refractivity contribution in [2.24, 2.45) is 5.41 Å². The van der Waals surface area contributed by atoms with Crippen LogP contribution in [0.2, 0.25) is 0 Å². The van der Waals surface area contributed by atoms with Crippen molar-refractivity contribution in [3.05, 3.63) is 0 Å². The van der Waals surface area contributed by atoms with E-state index in [9.17, 15) is 0 Å². The summed E-state index contributed by atoms with van der Waals surface area (Å²) in [6, 6.07) is 1.29. The van der Waals surface area contributed by atoms with Crippen molar-refractivity contribution in [3.8, 4) is 0 Å². The molecule has 1 nitrogen and oxygen atoms in total. The fourth-order valence-electron chi connectivity index (χ4n) is 1.13. The lowest BCUT2D eigenvalue weighted by atomic mass is 9.87. The Bertz CT molecular complexity index is 109. The zero-order valence-corrected chi connectivity index (χ0v) is 9.57. The second kappa shape index (κ2) is 4.86. The van der Waals surface area contributed by atoms with E-state index in [-0.39, 0.29) is 0 Å². The van der Waals surface area contributed by atoms with Crippen LogP contribution in [0.1, 0.15) is 54.4 Å². The minimum Gasteiger partial charge on any atom is -0.311 e. The van der Waals surface area contributed by atoms with Crippen molar-refractivity contribution in [1.29, 1.82) is 0 Å². The molecule has 0 aromatic heterocycles. The molecule has 0 aliphatic rings. The van der Waals surface area contributed by atoms with Gasteiger partial charge in [-0.05, 0) is 25.2 Å². The molecule has 74 valence electrons. The van der Waals surface area contributed by atoms with Crippen LogP contribution in [0.15, 0.2) is 0 Å². The van der Waals surface area contributed by atoms with Crippen LogP contribution in [0.5, 0.6) is 0 Å². The predicted octanol–water partition coefficient (Wildman–Crippen LogP) is 3.20. The van der Waals surface area contributed by atoms with Crippen LogP contribution in [-0.2, 0) is 0 Å². The maximum Gasteiger partial charge on any atom is 0.00898 e. The highest BCUT2D eigenvalue weighted by Gasteiger charge is 2.21. The van der Waals surface area contributed by atoms with E-state index >= 15 is 0 Å². The Hall–Kier alpha value is -0.0400. The summed E-state index contributed by atoms with van der Waals surface area (Å²) in [5, 5.41) is 3.66. The molecule has 0 spiro atoms. The second-order valence-corrected chi connectivity index (χ2v) is 4.77. The third kappa shape index (κ3) is 4.10. The molecule has 1 heteroatoms. The molecular weight excluding hydrogens is 146 g/mol. The molecule has 0 saturated carbocycles. The van der Waals surface area contributed by atoms with Crippen LogP contribution < -0.4 is 5.32 Å². The molecule has 0 aliphatic heterocycles. The SMILES string of the molecule is CCC(CC)NC(C)C(C)(C)C. The van der Waals surface area contributed by atoms with Gasteiger partial charge in [-0.3, -0.25) is 0 Å². The molecule has 0 aromatic carbocycles. The molecule has 0 fully saturated rings. The van der Waals surface area contributed by atoms with Gasteiger partial charge in [0.2, 0.25) is 0 Å². The van der Waals surface area contributed by atoms with Crippen molar-refractivity contribution in [2.45, 2.75) is 66.5 Å². The van der Waals surface area contributed by atoms with Crippen LogP contribution >= 0.6 is 0 Å². The van der Waals surface area contributed by atoms with E-state index in [1.165, 1.54) is 12.8 Å². The zero-order chi connectivity index (χ0) is 9.78. The minimum absolute atomic E-state index is 0.378. The van der Waals surface area contributed by atoms with Gasteiger partial charge >= 0.3 is 0 Å². The van der Waals surface area contributed by atoms with E-state index in [1.54, 1.807) is 0 Å². The standard InChI is InChI=1S/C11H25N/c1-7-10(8-2)12-9(3)11(4,5)6/h9-10,12H,7-8H2,1-6H3. The molecule has 1 unspecified atom stereocenters. The lowest BCUT2D eigenvalue weighted by Crippen LogP contribution is -2.43. The van der Waals surface area contributed by atoms with Gasteiger partial charge < -0.3 is 5.32 Å². The Morgan fingerprint density at radius 3 is 1.75 bits per heavy atom. The highest BCUT2D eigenvalue weighted by Crippen LogP contribution is 2.19. The summed E-state index contributed by atoms with van der Waals surface area (Å²) >= 11 is 0. The highest BCUT2D eigenvalue weighted by molar-refractivity contribution is 4.79. The largest absolute Gasteiger partial charge is 0.311 e. The molecular formula is C11H25N. The minimum atomic E-state index is 0.378. The average Bonchev–Trinajstić information content (AvgIpc) is 1.97. The average molecular weight is 171 g/mol. The van der Waals surface area contributed by atoms with Gasteiger partial charge in [0.25, 0.3) is 0 Å². The number of hydrogen-bond acceptors (Lipinski definition) is 1. The molecule has 0 heterocycles. The molecule has 1 N–H and O–H groups in total. The Morgan fingerprint density at radius 2 is 1.50 bits per heavy atom. The summed E-state index contributed by atoms with van der Waals surface area (Å²) < 4.78 is 0. The van der Waals surface area contributed by atoms with E-state index in [1.807, 2.05) is 0 Å². The summed E-state index contributed by atoms with van der Waals surface area (Å²) in [6.45, 7) is 13.6. The van der Waals surface area contributed by atoms with Crippen molar-refractivity contribution < 1.29 is 0 Å². The maximum atomic E-state index is 3.66. The quantitative estimate of drug-likeness (QED) is 0.685. The third-order valence-corrected chi connectivity index (χ3v) is 2.77. The van der Waals surface area contributed by atoms with Crippen LogP contribution in [0.25, 0.3) is 0 Å². The van der Waals surface area contributed by atoms with Crippen molar-refractivity contribution in [1.82, 2.24) is 5.32 Å². The van der Waals surface area contributed by atoms with Gasteiger partial charge in [-0.15, -0.1) is 0 Å². The lowest BCUT2D eigenvalue weighted by Gasteiger charge is -2.31. The van der Waals surface area contributed by atoms with Crippen LogP contribution in [0.4, 0.5) is 0 Å². The number of rotatable bonds is 4. The van der Waals surface area contributed by atoms with Crippen molar-refractivity contribution in [3.63, 3.8) is 0 Å². The van der Waals surface area contributed by atoms with Crippen molar-refractivity contribution in [2.75, 3.05) is 0 Å². The fraction of sp³-hybridized carbons (Fsp3) is 1.00. The molecule has 0 radical (unpaired) electrons. The Balaban J connectivity index is 3.90. The summed E-state index contributed by atoms with van der Waals surface area (Å²) in [5.74, 6) is 0. The normalized spacial score (nSPS) is 15.2. The summed E-state index contributed by atoms with van der Waals surface area (Å²) in [6.07, 6.45) is 2.47. The first kappa shape index (κ1) is 12.0. The maximum absolute atomic E-state index is 3.66.